The molecule has 0 heterocycles. The predicted molar refractivity (Wildman–Crippen MR) is 90.2 cm³/mol. The maximum atomic E-state index is 12.6. The van der Waals surface area contributed by atoms with E-state index < -0.39 is 17.4 Å². The molecule has 4 heteroatoms. The third-order valence-corrected chi connectivity index (χ3v) is 5.09. The molecule has 1 aliphatic rings. The Bertz CT molecular complexity index is 567. The molecule has 0 radical (unpaired) electrons. The van der Waals surface area contributed by atoms with Gasteiger partial charge in [-0.2, -0.15) is 0 Å². The van der Waals surface area contributed by atoms with E-state index in [2.05, 4.69) is 5.32 Å². The number of aliphatic carboxylic acids is 1. The minimum absolute atomic E-state index is 0.0745. The Morgan fingerprint density at radius 1 is 1.26 bits per heavy atom. The minimum Gasteiger partial charge on any atom is -0.481 e. The molecule has 0 spiro atoms. The number of amides is 1. The van der Waals surface area contributed by atoms with Crippen molar-refractivity contribution in [3.8, 4) is 0 Å². The molecule has 126 valence electrons. The van der Waals surface area contributed by atoms with Crippen LogP contribution in [0.5, 0.6) is 0 Å². The second-order valence-electron chi connectivity index (χ2n) is 7.53. The average molecular weight is 317 g/mol. The topological polar surface area (TPSA) is 66.4 Å². The highest BCUT2D eigenvalue weighted by Crippen LogP contribution is 2.35. The zero-order valence-electron chi connectivity index (χ0n) is 14.3. The molecular formula is C19H27NO3. The summed E-state index contributed by atoms with van der Waals surface area (Å²) in [6.07, 6.45) is 3.58. The van der Waals surface area contributed by atoms with Gasteiger partial charge in [0, 0.05) is 6.42 Å². The van der Waals surface area contributed by atoms with Crippen LogP contribution in [0, 0.1) is 5.92 Å². The van der Waals surface area contributed by atoms with Crippen molar-refractivity contribution in [3.63, 3.8) is 0 Å². The Kier molecular flexibility index (Phi) is 5.12. The van der Waals surface area contributed by atoms with E-state index in [0.717, 1.165) is 24.8 Å². The number of hydrogen-bond acceptors (Lipinski definition) is 2. The number of carboxylic acids is 1. The normalized spacial score (nSPS) is 24.9. The number of carbonyl (C=O) groups is 2. The van der Waals surface area contributed by atoms with Crippen LogP contribution in [-0.4, -0.2) is 22.5 Å². The van der Waals surface area contributed by atoms with Crippen LogP contribution in [0.2, 0.25) is 0 Å². The van der Waals surface area contributed by atoms with Crippen molar-refractivity contribution >= 4 is 11.9 Å². The first kappa shape index (κ1) is 17.5. The second kappa shape index (κ2) is 6.73. The summed E-state index contributed by atoms with van der Waals surface area (Å²) in [7, 11) is 0. The van der Waals surface area contributed by atoms with E-state index in [0.29, 0.717) is 12.8 Å². The number of rotatable bonds is 5. The fourth-order valence-electron chi connectivity index (χ4n) is 3.63. The van der Waals surface area contributed by atoms with Crippen LogP contribution in [0.15, 0.2) is 30.3 Å². The monoisotopic (exact) mass is 317 g/mol. The first-order chi connectivity index (χ1) is 10.7. The molecule has 1 aromatic carbocycles. The van der Waals surface area contributed by atoms with Crippen LogP contribution in [-0.2, 0) is 15.0 Å². The molecule has 0 aromatic heterocycles. The van der Waals surface area contributed by atoms with Crippen LogP contribution < -0.4 is 5.32 Å². The number of hydrogen-bond donors (Lipinski definition) is 2. The van der Waals surface area contributed by atoms with E-state index in [1.807, 2.05) is 51.1 Å². The molecule has 2 atom stereocenters. The van der Waals surface area contributed by atoms with Crippen molar-refractivity contribution in [2.45, 2.75) is 63.8 Å². The van der Waals surface area contributed by atoms with Crippen molar-refractivity contribution in [2.75, 3.05) is 0 Å². The summed E-state index contributed by atoms with van der Waals surface area (Å²) in [5.41, 5.74) is 0.182. The third-order valence-electron chi connectivity index (χ3n) is 5.09. The zero-order chi connectivity index (χ0) is 17.1. The molecule has 23 heavy (non-hydrogen) atoms. The molecular weight excluding hydrogens is 290 g/mol. The van der Waals surface area contributed by atoms with Crippen LogP contribution in [0.3, 0.4) is 0 Å². The van der Waals surface area contributed by atoms with Crippen molar-refractivity contribution < 1.29 is 14.7 Å². The van der Waals surface area contributed by atoms with E-state index in [4.69, 9.17) is 0 Å². The molecule has 0 bridgehead atoms. The Morgan fingerprint density at radius 2 is 1.91 bits per heavy atom. The summed E-state index contributed by atoms with van der Waals surface area (Å²) >= 11 is 0. The van der Waals surface area contributed by atoms with Crippen molar-refractivity contribution in [2.24, 2.45) is 5.92 Å². The van der Waals surface area contributed by atoms with Crippen molar-refractivity contribution in [1.82, 2.24) is 5.32 Å². The maximum Gasteiger partial charge on any atom is 0.308 e. The molecule has 0 aliphatic heterocycles. The van der Waals surface area contributed by atoms with E-state index in [1.54, 1.807) is 0 Å². The molecule has 1 aliphatic carbocycles. The lowest BCUT2D eigenvalue weighted by molar-refractivity contribution is -0.146. The number of carbonyl (C=O) groups excluding carboxylic acids is 1. The van der Waals surface area contributed by atoms with Gasteiger partial charge < -0.3 is 10.4 Å². The zero-order valence-corrected chi connectivity index (χ0v) is 14.3. The summed E-state index contributed by atoms with van der Waals surface area (Å²) in [5, 5.41) is 12.5. The van der Waals surface area contributed by atoms with Crippen LogP contribution >= 0.6 is 0 Å². The van der Waals surface area contributed by atoms with Gasteiger partial charge in [-0.15, -0.1) is 0 Å². The Balaban J connectivity index is 2.07. The van der Waals surface area contributed by atoms with Gasteiger partial charge in [-0.3, -0.25) is 9.59 Å². The standard InChI is InChI=1S/C19H27NO3/c1-18(2,14-9-5-4-6-10-14)13-16(21)20-19(3)12-8-7-11-15(19)17(22)23/h4-6,9-10,15H,7-8,11-13H2,1-3H3,(H,20,21)(H,22,23). The van der Waals surface area contributed by atoms with E-state index in [-0.39, 0.29) is 11.3 Å². The number of nitrogens with one attached hydrogen (secondary N) is 1. The van der Waals surface area contributed by atoms with Gasteiger partial charge in [0.05, 0.1) is 11.5 Å². The first-order valence-corrected chi connectivity index (χ1v) is 8.34. The molecule has 1 fully saturated rings. The average Bonchev–Trinajstić information content (AvgIpc) is 2.47. The van der Waals surface area contributed by atoms with Gasteiger partial charge in [0.15, 0.2) is 0 Å². The van der Waals surface area contributed by atoms with Gasteiger partial charge in [-0.1, -0.05) is 57.0 Å². The van der Waals surface area contributed by atoms with Gasteiger partial charge >= 0.3 is 5.97 Å². The summed E-state index contributed by atoms with van der Waals surface area (Å²) in [6.45, 7) is 5.96. The number of benzene rings is 1. The van der Waals surface area contributed by atoms with E-state index in [1.165, 1.54) is 0 Å². The van der Waals surface area contributed by atoms with Crippen molar-refractivity contribution in [3.05, 3.63) is 35.9 Å². The largest absolute Gasteiger partial charge is 0.481 e. The highest BCUT2D eigenvalue weighted by atomic mass is 16.4. The molecule has 1 aromatic rings. The van der Waals surface area contributed by atoms with Gasteiger partial charge in [0.2, 0.25) is 5.91 Å². The molecule has 1 amide bonds. The fourth-order valence-corrected chi connectivity index (χ4v) is 3.63. The van der Waals surface area contributed by atoms with Crippen molar-refractivity contribution in [1.29, 1.82) is 0 Å². The van der Waals surface area contributed by atoms with Gasteiger partial charge in [-0.05, 0) is 30.7 Å². The molecule has 4 nitrogen and oxygen atoms in total. The summed E-state index contributed by atoms with van der Waals surface area (Å²) < 4.78 is 0. The highest BCUT2D eigenvalue weighted by Gasteiger charge is 2.42. The molecule has 1 saturated carbocycles. The Morgan fingerprint density at radius 3 is 2.52 bits per heavy atom. The Hall–Kier alpha value is -1.84. The minimum atomic E-state index is -0.810. The van der Waals surface area contributed by atoms with E-state index >= 15 is 0 Å². The molecule has 2 rings (SSSR count). The predicted octanol–water partition coefficient (Wildman–Crippen LogP) is 3.50. The maximum absolute atomic E-state index is 12.6. The van der Waals surface area contributed by atoms with E-state index in [9.17, 15) is 14.7 Å². The smallest absolute Gasteiger partial charge is 0.308 e. The molecule has 2 N–H and O–H groups in total. The SMILES string of the molecule is CC(C)(CC(=O)NC1(C)CCCCC1C(=O)O)c1ccccc1. The van der Waals surface area contributed by atoms with Crippen LogP contribution in [0.25, 0.3) is 0 Å². The lowest BCUT2D eigenvalue weighted by Gasteiger charge is -2.40. The first-order valence-electron chi connectivity index (χ1n) is 8.34. The van der Waals surface area contributed by atoms with Gasteiger partial charge in [0.1, 0.15) is 0 Å². The summed E-state index contributed by atoms with van der Waals surface area (Å²) in [6, 6.07) is 9.95. The summed E-state index contributed by atoms with van der Waals surface area (Å²) in [4.78, 5) is 24.1. The second-order valence-corrected chi connectivity index (χ2v) is 7.53. The molecule has 2 unspecified atom stereocenters. The molecule has 0 saturated heterocycles. The highest BCUT2D eigenvalue weighted by molar-refractivity contribution is 5.80. The third kappa shape index (κ3) is 4.12. The fraction of sp³-hybridized carbons (Fsp3) is 0.579. The lowest BCUT2D eigenvalue weighted by Crippen LogP contribution is -2.56. The summed E-state index contributed by atoms with van der Waals surface area (Å²) in [5.74, 6) is -1.38. The van der Waals surface area contributed by atoms with Gasteiger partial charge in [-0.25, -0.2) is 0 Å². The van der Waals surface area contributed by atoms with Crippen LogP contribution in [0.1, 0.15) is 58.4 Å². The number of carboxylic acid groups (broad SMARTS) is 1. The Labute approximate surface area is 138 Å². The van der Waals surface area contributed by atoms with Gasteiger partial charge in [0.25, 0.3) is 0 Å². The van der Waals surface area contributed by atoms with Crippen LogP contribution in [0.4, 0.5) is 0 Å². The lowest BCUT2D eigenvalue weighted by atomic mass is 9.73. The quantitative estimate of drug-likeness (QED) is 0.873.